The second kappa shape index (κ2) is 17.3. The van der Waals surface area contributed by atoms with Crippen molar-refractivity contribution in [3.05, 3.63) is 0 Å². The van der Waals surface area contributed by atoms with Gasteiger partial charge in [0, 0.05) is 13.6 Å². The lowest BCUT2D eigenvalue weighted by Crippen LogP contribution is -2.33. The maximum absolute atomic E-state index is 10.9. The van der Waals surface area contributed by atoms with Gasteiger partial charge in [-0.3, -0.25) is 0 Å². The molecule has 0 aliphatic carbocycles. The number of hydrogen-bond donors (Lipinski definition) is 2. The van der Waals surface area contributed by atoms with Crippen molar-refractivity contribution in [1.29, 1.82) is 0 Å². The van der Waals surface area contributed by atoms with Crippen LogP contribution in [0.25, 0.3) is 0 Å². The molecule has 0 aliphatic heterocycles. The van der Waals surface area contributed by atoms with Gasteiger partial charge in [-0.2, -0.15) is 0 Å². The van der Waals surface area contributed by atoms with E-state index < -0.39 is 0 Å². The third-order valence-electron chi connectivity index (χ3n) is 4.04. The van der Waals surface area contributed by atoms with Gasteiger partial charge in [-0.25, -0.2) is 4.79 Å². The average molecular weight is 299 g/mol. The number of nitrogens with one attached hydrogen (secondary N) is 2. The molecule has 0 saturated carbocycles. The van der Waals surface area contributed by atoms with Crippen molar-refractivity contribution < 1.29 is 4.79 Å². The lowest BCUT2D eigenvalue weighted by Gasteiger charge is -2.04. The highest BCUT2D eigenvalue weighted by atomic mass is 16.2. The number of carbonyl (C=O) groups is 1. The van der Waals surface area contributed by atoms with Crippen molar-refractivity contribution in [1.82, 2.24) is 10.6 Å². The molecule has 0 aliphatic rings. The van der Waals surface area contributed by atoms with Crippen molar-refractivity contribution in [2.75, 3.05) is 13.6 Å². The van der Waals surface area contributed by atoms with Gasteiger partial charge in [0.2, 0.25) is 0 Å². The zero-order valence-electron chi connectivity index (χ0n) is 14.5. The molecule has 3 heteroatoms. The predicted molar refractivity (Wildman–Crippen MR) is 92.8 cm³/mol. The molecule has 2 N–H and O–H groups in total. The molecule has 0 rings (SSSR count). The Morgan fingerprint density at radius 3 is 1.43 bits per heavy atom. The van der Waals surface area contributed by atoms with E-state index in [1.165, 1.54) is 83.5 Å². The van der Waals surface area contributed by atoms with Gasteiger partial charge in [-0.15, -0.1) is 0 Å². The zero-order valence-corrected chi connectivity index (χ0v) is 14.5. The van der Waals surface area contributed by atoms with Gasteiger partial charge >= 0.3 is 6.03 Å². The van der Waals surface area contributed by atoms with Crippen LogP contribution in [-0.2, 0) is 0 Å². The largest absolute Gasteiger partial charge is 0.341 e. The molecule has 0 unspecified atom stereocenters. The monoisotopic (exact) mass is 298 g/mol. The molecule has 0 spiro atoms. The first-order chi connectivity index (χ1) is 10.3. The average Bonchev–Trinajstić information content (AvgIpc) is 2.50. The van der Waals surface area contributed by atoms with Crippen molar-refractivity contribution in [3.63, 3.8) is 0 Å². The van der Waals surface area contributed by atoms with Crippen LogP contribution in [0.4, 0.5) is 4.79 Å². The van der Waals surface area contributed by atoms with Gasteiger partial charge < -0.3 is 10.6 Å². The molecule has 0 radical (unpaired) electrons. The van der Waals surface area contributed by atoms with E-state index in [0.717, 1.165) is 13.0 Å². The topological polar surface area (TPSA) is 41.1 Å². The summed E-state index contributed by atoms with van der Waals surface area (Å²) < 4.78 is 0. The summed E-state index contributed by atoms with van der Waals surface area (Å²) in [6.45, 7) is 3.08. The fourth-order valence-electron chi connectivity index (χ4n) is 2.61. The number of unbranched alkanes of at least 4 members (excludes halogenated alkanes) is 13. The fraction of sp³-hybridized carbons (Fsp3) is 0.944. The normalized spacial score (nSPS) is 10.6. The summed E-state index contributed by atoms with van der Waals surface area (Å²) in [6, 6.07) is -0.0651. The predicted octanol–water partition coefficient (Wildman–Crippen LogP) is 5.40. The molecule has 126 valence electrons. The highest BCUT2D eigenvalue weighted by Gasteiger charge is 1.95. The third-order valence-corrected chi connectivity index (χ3v) is 4.04. The molecule has 3 nitrogen and oxygen atoms in total. The van der Waals surface area contributed by atoms with E-state index >= 15 is 0 Å². The summed E-state index contributed by atoms with van der Waals surface area (Å²) >= 11 is 0. The van der Waals surface area contributed by atoms with Crippen LogP contribution in [0.2, 0.25) is 0 Å². The van der Waals surface area contributed by atoms with Crippen LogP contribution >= 0.6 is 0 Å². The second-order valence-electron chi connectivity index (χ2n) is 6.10. The van der Waals surface area contributed by atoms with E-state index in [9.17, 15) is 4.79 Å². The molecule has 0 bridgehead atoms. The Hall–Kier alpha value is -0.730. The number of rotatable bonds is 15. The molecular formula is C18H38N2O. The minimum atomic E-state index is -0.0651. The van der Waals surface area contributed by atoms with Crippen LogP contribution in [0.15, 0.2) is 0 Å². The van der Waals surface area contributed by atoms with E-state index in [-0.39, 0.29) is 6.03 Å². The van der Waals surface area contributed by atoms with E-state index in [0.29, 0.717) is 0 Å². The maximum atomic E-state index is 10.9. The van der Waals surface area contributed by atoms with Gasteiger partial charge in [0.25, 0.3) is 0 Å². The minimum absolute atomic E-state index is 0.0651. The van der Waals surface area contributed by atoms with Crippen LogP contribution in [-0.4, -0.2) is 19.6 Å². The Balaban J connectivity index is 2.98. The summed E-state index contributed by atoms with van der Waals surface area (Å²) in [7, 11) is 1.65. The number of urea groups is 1. The number of hydrogen-bond acceptors (Lipinski definition) is 1. The highest BCUT2D eigenvalue weighted by Crippen LogP contribution is 2.12. The van der Waals surface area contributed by atoms with Crippen LogP contribution < -0.4 is 10.6 Å². The minimum Gasteiger partial charge on any atom is -0.341 e. The molecule has 0 aromatic heterocycles. The molecule has 0 fully saturated rings. The Kier molecular flexibility index (Phi) is 16.7. The molecular weight excluding hydrogens is 260 g/mol. The molecule has 2 amide bonds. The summed E-state index contributed by atoms with van der Waals surface area (Å²) in [4.78, 5) is 10.9. The molecule has 0 aromatic carbocycles. The summed E-state index contributed by atoms with van der Waals surface area (Å²) in [5.74, 6) is 0. The number of amides is 2. The highest BCUT2D eigenvalue weighted by molar-refractivity contribution is 5.73. The summed E-state index contributed by atoms with van der Waals surface area (Å²) in [5.41, 5.74) is 0. The summed E-state index contributed by atoms with van der Waals surface area (Å²) in [6.07, 6.45) is 19.2. The maximum Gasteiger partial charge on any atom is 0.314 e. The Bertz CT molecular complexity index is 219. The summed E-state index contributed by atoms with van der Waals surface area (Å²) in [5, 5.41) is 5.39. The van der Waals surface area contributed by atoms with Gasteiger partial charge in [0.1, 0.15) is 0 Å². The van der Waals surface area contributed by atoms with Crippen LogP contribution in [0.5, 0.6) is 0 Å². The standard InChI is InChI=1S/C18H38N2O/c1-3-4-5-6-7-8-9-10-11-12-13-14-15-16-17-20-18(21)19-2/h3-17H2,1-2H3,(H2,19,20,21). The van der Waals surface area contributed by atoms with Crippen molar-refractivity contribution in [2.45, 2.75) is 96.8 Å². The van der Waals surface area contributed by atoms with E-state index in [2.05, 4.69) is 17.6 Å². The van der Waals surface area contributed by atoms with Crippen molar-refractivity contribution >= 4 is 6.03 Å². The van der Waals surface area contributed by atoms with Gasteiger partial charge in [-0.05, 0) is 6.42 Å². The second-order valence-corrected chi connectivity index (χ2v) is 6.10. The lowest BCUT2D eigenvalue weighted by atomic mass is 10.0. The van der Waals surface area contributed by atoms with Gasteiger partial charge in [0.05, 0.1) is 0 Å². The smallest absolute Gasteiger partial charge is 0.314 e. The molecule has 0 heterocycles. The Labute approximate surface area is 132 Å². The van der Waals surface area contributed by atoms with Crippen LogP contribution in [0.1, 0.15) is 96.8 Å². The Morgan fingerprint density at radius 1 is 0.667 bits per heavy atom. The molecule has 0 atom stereocenters. The molecule has 21 heavy (non-hydrogen) atoms. The van der Waals surface area contributed by atoms with Gasteiger partial charge in [0.15, 0.2) is 0 Å². The van der Waals surface area contributed by atoms with Crippen LogP contribution in [0.3, 0.4) is 0 Å². The fourth-order valence-corrected chi connectivity index (χ4v) is 2.61. The lowest BCUT2D eigenvalue weighted by molar-refractivity contribution is 0.242. The Morgan fingerprint density at radius 2 is 1.05 bits per heavy atom. The van der Waals surface area contributed by atoms with Crippen LogP contribution in [0, 0.1) is 0 Å². The first-order valence-corrected chi connectivity index (χ1v) is 9.26. The molecule has 0 saturated heterocycles. The third kappa shape index (κ3) is 17.2. The van der Waals surface area contributed by atoms with Crippen molar-refractivity contribution in [2.24, 2.45) is 0 Å². The van der Waals surface area contributed by atoms with Gasteiger partial charge in [-0.1, -0.05) is 90.4 Å². The van der Waals surface area contributed by atoms with E-state index in [1.54, 1.807) is 7.05 Å². The van der Waals surface area contributed by atoms with E-state index in [4.69, 9.17) is 0 Å². The first-order valence-electron chi connectivity index (χ1n) is 9.26. The van der Waals surface area contributed by atoms with Crippen molar-refractivity contribution in [3.8, 4) is 0 Å². The van der Waals surface area contributed by atoms with E-state index in [1.807, 2.05) is 0 Å². The first kappa shape index (κ1) is 20.3. The quantitative estimate of drug-likeness (QED) is 0.391. The molecule has 0 aromatic rings. The zero-order chi connectivity index (χ0) is 15.6. The number of carbonyl (C=O) groups excluding carboxylic acids is 1. The SMILES string of the molecule is CCCCCCCCCCCCCCCCNC(=O)NC.